The number of halogens is 2. The predicted molar refractivity (Wildman–Crippen MR) is 102 cm³/mol. The van der Waals surface area contributed by atoms with E-state index in [4.69, 9.17) is 11.6 Å². The fourth-order valence-electron chi connectivity index (χ4n) is 3.02. The van der Waals surface area contributed by atoms with Crippen LogP contribution in [0, 0.1) is 5.82 Å². The zero-order valence-electron chi connectivity index (χ0n) is 13.8. The average Bonchev–Trinajstić information content (AvgIpc) is 3.14. The van der Waals surface area contributed by atoms with Crippen molar-refractivity contribution in [1.82, 2.24) is 4.98 Å². The maximum atomic E-state index is 13.4. The number of aliphatic hydroxyl groups excluding tert-OH is 1. The lowest BCUT2D eigenvalue weighted by Crippen LogP contribution is -2.23. The van der Waals surface area contributed by atoms with E-state index < -0.39 is 5.82 Å². The van der Waals surface area contributed by atoms with Gasteiger partial charge in [-0.15, -0.1) is 0 Å². The Balaban J connectivity index is 1.67. The summed E-state index contributed by atoms with van der Waals surface area (Å²) >= 11 is 5.89. The first-order valence-corrected chi connectivity index (χ1v) is 8.59. The van der Waals surface area contributed by atoms with Crippen molar-refractivity contribution in [3.63, 3.8) is 0 Å². The minimum atomic E-state index is -0.442. The van der Waals surface area contributed by atoms with E-state index in [9.17, 15) is 9.50 Å². The molecule has 1 aliphatic heterocycles. The van der Waals surface area contributed by atoms with Crippen molar-refractivity contribution in [1.29, 1.82) is 0 Å². The van der Waals surface area contributed by atoms with Crippen molar-refractivity contribution in [2.24, 2.45) is 0 Å². The molecule has 2 aromatic carbocycles. The Labute approximate surface area is 155 Å². The van der Waals surface area contributed by atoms with E-state index in [1.165, 1.54) is 6.07 Å². The number of H-pyrrole nitrogens is 1. The molecular formula is C20H17ClFN3O. The van der Waals surface area contributed by atoms with Crippen LogP contribution in [0.2, 0.25) is 5.02 Å². The van der Waals surface area contributed by atoms with Crippen molar-refractivity contribution < 1.29 is 9.50 Å². The molecule has 4 rings (SSSR count). The molecule has 26 heavy (non-hydrogen) atoms. The van der Waals surface area contributed by atoms with E-state index in [2.05, 4.69) is 15.2 Å². The lowest BCUT2D eigenvalue weighted by molar-refractivity contribution is 0.282. The van der Waals surface area contributed by atoms with Gasteiger partial charge in [0.25, 0.3) is 0 Å². The molecule has 3 N–H and O–H groups in total. The summed E-state index contributed by atoms with van der Waals surface area (Å²) in [5.41, 5.74) is 5.63. The second-order valence-corrected chi connectivity index (χ2v) is 6.53. The Kier molecular flexibility index (Phi) is 4.41. The number of benzene rings is 2. The lowest BCUT2D eigenvalue weighted by Gasteiger charge is -2.28. The Morgan fingerprint density at radius 3 is 2.69 bits per heavy atom. The van der Waals surface area contributed by atoms with Crippen LogP contribution in [-0.2, 0) is 13.2 Å². The topological polar surface area (TPSA) is 51.3 Å². The SMILES string of the molecule is OCc1ccc(N2C=C(Nc3ccc(F)c(Cl)c3)c3cc[nH]c3C2)cc1. The first kappa shape index (κ1) is 16.7. The highest BCUT2D eigenvalue weighted by Crippen LogP contribution is 2.31. The molecule has 4 nitrogen and oxygen atoms in total. The van der Waals surface area contributed by atoms with Crippen LogP contribution < -0.4 is 10.2 Å². The summed E-state index contributed by atoms with van der Waals surface area (Å²) in [5, 5.41) is 12.6. The molecule has 0 atom stereocenters. The molecule has 0 saturated carbocycles. The van der Waals surface area contributed by atoms with E-state index in [-0.39, 0.29) is 11.6 Å². The molecule has 0 fully saturated rings. The van der Waals surface area contributed by atoms with Crippen LogP contribution in [-0.4, -0.2) is 10.1 Å². The molecule has 132 valence electrons. The van der Waals surface area contributed by atoms with Crippen LogP contribution in [0.4, 0.5) is 15.8 Å². The van der Waals surface area contributed by atoms with Crippen LogP contribution >= 0.6 is 11.6 Å². The zero-order valence-corrected chi connectivity index (χ0v) is 14.6. The fraction of sp³-hybridized carbons (Fsp3) is 0.100. The van der Waals surface area contributed by atoms with E-state index in [0.29, 0.717) is 12.2 Å². The number of fused-ring (bicyclic) bond motifs is 1. The van der Waals surface area contributed by atoms with Crippen molar-refractivity contribution in [3.8, 4) is 0 Å². The number of hydrogen-bond acceptors (Lipinski definition) is 3. The average molecular weight is 370 g/mol. The molecule has 1 aromatic heterocycles. The summed E-state index contributed by atoms with van der Waals surface area (Å²) in [6.07, 6.45) is 3.91. The van der Waals surface area contributed by atoms with Gasteiger partial charge in [-0.3, -0.25) is 0 Å². The van der Waals surface area contributed by atoms with Crippen molar-refractivity contribution in [3.05, 3.63) is 88.6 Å². The van der Waals surface area contributed by atoms with Gasteiger partial charge in [0.15, 0.2) is 0 Å². The molecule has 0 saturated heterocycles. The van der Waals surface area contributed by atoms with Gasteiger partial charge >= 0.3 is 0 Å². The van der Waals surface area contributed by atoms with Crippen molar-refractivity contribution >= 4 is 28.7 Å². The molecule has 1 aliphatic rings. The number of rotatable bonds is 4. The number of nitrogens with zero attached hydrogens (tertiary/aromatic N) is 1. The predicted octanol–water partition coefficient (Wildman–Crippen LogP) is 4.73. The monoisotopic (exact) mass is 369 g/mol. The molecule has 0 aliphatic carbocycles. The zero-order chi connectivity index (χ0) is 18.1. The van der Waals surface area contributed by atoms with Crippen LogP contribution in [0.5, 0.6) is 0 Å². The third-order valence-electron chi connectivity index (χ3n) is 4.39. The van der Waals surface area contributed by atoms with Gasteiger partial charge in [0, 0.05) is 35.0 Å². The van der Waals surface area contributed by atoms with Gasteiger partial charge in [-0.1, -0.05) is 23.7 Å². The minimum absolute atomic E-state index is 0.0228. The Morgan fingerprint density at radius 1 is 1.15 bits per heavy atom. The molecule has 0 radical (unpaired) electrons. The van der Waals surface area contributed by atoms with E-state index in [1.54, 1.807) is 12.1 Å². The van der Waals surface area contributed by atoms with E-state index >= 15 is 0 Å². The van der Waals surface area contributed by atoms with E-state index in [1.807, 2.05) is 42.7 Å². The van der Waals surface area contributed by atoms with Crippen LogP contribution in [0.15, 0.2) is 60.9 Å². The summed E-state index contributed by atoms with van der Waals surface area (Å²) in [5.74, 6) is -0.442. The molecule has 2 heterocycles. The van der Waals surface area contributed by atoms with Crippen LogP contribution in [0.1, 0.15) is 16.8 Å². The van der Waals surface area contributed by atoms with E-state index in [0.717, 1.165) is 28.2 Å². The van der Waals surface area contributed by atoms with Gasteiger partial charge in [-0.25, -0.2) is 4.39 Å². The highest BCUT2D eigenvalue weighted by atomic mass is 35.5. The normalized spacial score (nSPS) is 13.3. The highest BCUT2D eigenvalue weighted by Gasteiger charge is 2.19. The second-order valence-electron chi connectivity index (χ2n) is 6.12. The van der Waals surface area contributed by atoms with Gasteiger partial charge in [0.1, 0.15) is 5.82 Å². The number of aromatic nitrogens is 1. The maximum Gasteiger partial charge on any atom is 0.141 e. The molecule has 0 amide bonds. The smallest absolute Gasteiger partial charge is 0.141 e. The number of aromatic amines is 1. The van der Waals surface area contributed by atoms with Crippen LogP contribution in [0.25, 0.3) is 5.70 Å². The Hall–Kier alpha value is -2.76. The molecule has 0 bridgehead atoms. The first-order chi connectivity index (χ1) is 12.6. The minimum Gasteiger partial charge on any atom is -0.392 e. The number of hydrogen-bond donors (Lipinski definition) is 3. The summed E-state index contributed by atoms with van der Waals surface area (Å²) in [7, 11) is 0. The van der Waals surface area contributed by atoms with Gasteiger partial charge in [-0.2, -0.15) is 0 Å². The third-order valence-corrected chi connectivity index (χ3v) is 4.68. The van der Waals surface area contributed by atoms with Gasteiger partial charge in [0.2, 0.25) is 0 Å². The highest BCUT2D eigenvalue weighted by molar-refractivity contribution is 6.31. The summed E-state index contributed by atoms with van der Waals surface area (Å²) in [6.45, 7) is 0.727. The third kappa shape index (κ3) is 3.19. The Morgan fingerprint density at radius 2 is 1.96 bits per heavy atom. The summed E-state index contributed by atoms with van der Waals surface area (Å²) in [6, 6.07) is 14.3. The van der Waals surface area contributed by atoms with Gasteiger partial charge in [0.05, 0.1) is 23.9 Å². The van der Waals surface area contributed by atoms with Crippen molar-refractivity contribution in [2.45, 2.75) is 13.2 Å². The number of anilines is 2. The molecule has 3 aromatic rings. The largest absolute Gasteiger partial charge is 0.392 e. The summed E-state index contributed by atoms with van der Waals surface area (Å²) < 4.78 is 13.4. The molecule has 0 unspecified atom stereocenters. The van der Waals surface area contributed by atoms with Crippen LogP contribution in [0.3, 0.4) is 0 Å². The quantitative estimate of drug-likeness (QED) is 0.623. The molecular weight excluding hydrogens is 353 g/mol. The summed E-state index contributed by atoms with van der Waals surface area (Å²) in [4.78, 5) is 5.37. The number of aliphatic hydroxyl groups is 1. The molecule has 0 spiro atoms. The molecule has 6 heteroatoms. The van der Waals surface area contributed by atoms with Gasteiger partial charge in [-0.05, 0) is 42.0 Å². The number of nitrogens with one attached hydrogen (secondary N) is 2. The maximum absolute atomic E-state index is 13.4. The first-order valence-electron chi connectivity index (χ1n) is 8.21. The van der Waals surface area contributed by atoms with Crippen molar-refractivity contribution in [2.75, 3.05) is 10.2 Å². The second kappa shape index (κ2) is 6.86. The van der Waals surface area contributed by atoms with Gasteiger partial charge < -0.3 is 20.3 Å². The Bertz CT molecular complexity index is 965. The standard InChI is InChI=1S/C20H17ClFN3O/c21-17-9-14(3-6-18(17)22)24-20-11-25(10-19-16(20)7-8-23-19)15-4-1-13(12-26)2-5-15/h1-9,11,23-24,26H,10,12H2. The fourth-order valence-corrected chi connectivity index (χ4v) is 3.20. The lowest BCUT2D eigenvalue weighted by atomic mass is 10.1.